The highest BCUT2D eigenvalue weighted by Gasteiger charge is 2.59. The Morgan fingerprint density at radius 2 is 1.84 bits per heavy atom. The summed E-state index contributed by atoms with van der Waals surface area (Å²) in [5.74, 6) is 0.815. The Balaban J connectivity index is 2.52. The second-order valence-electron chi connectivity index (χ2n) is 10.3. The van der Waals surface area contributed by atoms with Crippen molar-refractivity contribution < 1.29 is 14.0 Å². The summed E-state index contributed by atoms with van der Waals surface area (Å²) in [6.45, 7) is 21.5. The van der Waals surface area contributed by atoms with E-state index in [0.29, 0.717) is 18.1 Å². The Hall–Kier alpha value is -0.453. The van der Waals surface area contributed by atoms with E-state index in [1.807, 2.05) is 6.08 Å². The van der Waals surface area contributed by atoms with Crippen molar-refractivity contribution in [3.8, 4) is 0 Å². The van der Waals surface area contributed by atoms with Crippen molar-refractivity contribution in [1.29, 1.82) is 0 Å². The fourth-order valence-electron chi connectivity index (χ4n) is 5.00. The number of hydrogen-bond acceptors (Lipinski definition) is 3. The van der Waals surface area contributed by atoms with Crippen LogP contribution < -0.4 is 0 Å². The van der Waals surface area contributed by atoms with Crippen molar-refractivity contribution in [3.05, 3.63) is 12.7 Å². The Kier molecular flexibility index (Phi) is 5.78. The monoisotopic (exact) mass is 366 g/mol. The lowest BCUT2D eigenvalue weighted by atomic mass is 9.68. The molecule has 4 heteroatoms. The maximum absolute atomic E-state index is 12.8. The number of rotatable bonds is 4. The summed E-state index contributed by atoms with van der Waals surface area (Å²) in [7, 11) is -1.78. The highest BCUT2D eigenvalue weighted by atomic mass is 28.4. The maximum Gasteiger partial charge on any atom is 0.184 e. The Morgan fingerprint density at radius 1 is 1.24 bits per heavy atom. The van der Waals surface area contributed by atoms with E-state index in [2.05, 4.69) is 60.8 Å². The smallest absolute Gasteiger partial charge is 0.184 e. The third-order valence-corrected chi connectivity index (χ3v) is 7.02. The van der Waals surface area contributed by atoms with Gasteiger partial charge in [-0.2, -0.15) is 0 Å². The van der Waals surface area contributed by atoms with Crippen LogP contribution in [0.4, 0.5) is 0 Å². The fourth-order valence-corrected chi connectivity index (χ4v) is 6.19. The lowest BCUT2D eigenvalue weighted by molar-refractivity contribution is -0.148. The quantitative estimate of drug-likeness (QED) is 0.505. The predicted molar refractivity (Wildman–Crippen MR) is 106 cm³/mol. The number of hydrogen-bond donors (Lipinski definition) is 0. The molecule has 0 spiro atoms. The summed E-state index contributed by atoms with van der Waals surface area (Å²) in [6.07, 6.45) is 4.68. The summed E-state index contributed by atoms with van der Waals surface area (Å²) in [4.78, 5) is 12.8. The zero-order valence-electron chi connectivity index (χ0n) is 17.5. The van der Waals surface area contributed by atoms with Gasteiger partial charge < -0.3 is 9.16 Å². The molecule has 2 saturated carbocycles. The molecular formula is C21H38O3Si. The number of ketones is 1. The topological polar surface area (TPSA) is 35.5 Å². The highest BCUT2D eigenvalue weighted by molar-refractivity contribution is 6.69. The van der Waals surface area contributed by atoms with Crippen LogP contribution in [-0.2, 0) is 14.0 Å². The normalized spacial score (nSPS) is 39.8. The zero-order chi connectivity index (χ0) is 19.2. The van der Waals surface area contributed by atoms with Gasteiger partial charge in [0.1, 0.15) is 5.78 Å². The van der Waals surface area contributed by atoms with Crippen molar-refractivity contribution >= 4 is 14.1 Å². The van der Waals surface area contributed by atoms with Crippen LogP contribution in [0, 0.1) is 23.2 Å². The molecule has 2 aliphatic rings. The molecule has 2 fully saturated rings. The molecule has 0 aromatic carbocycles. The molecule has 0 aliphatic heterocycles. The number of ether oxygens (including phenoxy) is 1. The van der Waals surface area contributed by atoms with Crippen molar-refractivity contribution in [2.45, 2.75) is 91.3 Å². The maximum atomic E-state index is 12.8. The van der Waals surface area contributed by atoms with Gasteiger partial charge >= 0.3 is 0 Å². The summed E-state index contributed by atoms with van der Waals surface area (Å²) in [5, 5.41) is 0. The summed E-state index contributed by atoms with van der Waals surface area (Å²) in [5.41, 5.74) is -0.354. The Labute approximate surface area is 155 Å². The van der Waals surface area contributed by atoms with Crippen LogP contribution in [0.2, 0.25) is 19.6 Å². The molecule has 0 heterocycles. The van der Waals surface area contributed by atoms with Crippen LogP contribution in [0.15, 0.2) is 12.7 Å². The molecule has 0 amide bonds. The molecule has 0 N–H and O–H groups in total. The summed E-state index contributed by atoms with van der Waals surface area (Å²) < 4.78 is 13.3. The first-order chi connectivity index (χ1) is 11.3. The van der Waals surface area contributed by atoms with E-state index in [1.165, 1.54) is 0 Å². The van der Waals surface area contributed by atoms with Crippen LogP contribution in [-0.4, -0.2) is 31.9 Å². The lowest BCUT2D eigenvalue weighted by Gasteiger charge is -2.48. The first kappa shape index (κ1) is 20.9. The molecule has 1 unspecified atom stereocenters. The van der Waals surface area contributed by atoms with Crippen LogP contribution >= 0.6 is 0 Å². The van der Waals surface area contributed by atoms with Crippen molar-refractivity contribution in [2.24, 2.45) is 23.2 Å². The van der Waals surface area contributed by atoms with Gasteiger partial charge in [0, 0.05) is 23.7 Å². The Bertz CT molecular complexity index is 516. The van der Waals surface area contributed by atoms with E-state index >= 15 is 0 Å². The second-order valence-corrected chi connectivity index (χ2v) is 14.7. The van der Waals surface area contributed by atoms with Crippen LogP contribution in [0.25, 0.3) is 0 Å². The van der Waals surface area contributed by atoms with E-state index in [9.17, 15) is 4.79 Å². The van der Waals surface area contributed by atoms with Gasteiger partial charge in [-0.05, 0) is 59.2 Å². The van der Waals surface area contributed by atoms with Crippen molar-refractivity contribution in [2.75, 3.05) is 0 Å². The van der Waals surface area contributed by atoms with E-state index in [-0.39, 0.29) is 35.1 Å². The third-order valence-electron chi connectivity index (χ3n) is 6.06. The van der Waals surface area contributed by atoms with E-state index in [1.54, 1.807) is 0 Å². The highest BCUT2D eigenvalue weighted by Crippen LogP contribution is 2.56. The predicted octanol–water partition coefficient (Wildman–Crippen LogP) is 5.22. The minimum Gasteiger partial charge on any atom is -0.413 e. The van der Waals surface area contributed by atoms with Gasteiger partial charge in [-0.3, -0.25) is 4.79 Å². The first-order valence-corrected chi connectivity index (χ1v) is 13.2. The van der Waals surface area contributed by atoms with Crippen LogP contribution in [0.5, 0.6) is 0 Å². The Morgan fingerprint density at radius 3 is 2.32 bits per heavy atom. The van der Waals surface area contributed by atoms with E-state index in [0.717, 1.165) is 12.8 Å². The van der Waals surface area contributed by atoms with Gasteiger partial charge in [0.05, 0.1) is 17.8 Å². The van der Waals surface area contributed by atoms with Gasteiger partial charge in [0.25, 0.3) is 0 Å². The number of fused-ring (bicyclic) bond motifs is 1. The molecule has 3 nitrogen and oxygen atoms in total. The summed E-state index contributed by atoms with van der Waals surface area (Å²) >= 11 is 0. The van der Waals surface area contributed by atoms with Gasteiger partial charge in [0.2, 0.25) is 0 Å². The lowest BCUT2D eigenvalue weighted by Crippen LogP contribution is -2.53. The molecular weight excluding hydrogens is 328 g/mol. The minimum absolute atomic E-state index is 0.00502. The fraction of sp³-hybridized carbons (Fsp3) is 0.857. The van der Waals surface area contributed by atoms with Crippen molar-refractivity contribution in [3.63, 3.8) is 0 Å². The summed E-state index contributed by atoms with van der Waals surface area (Å²) in [6, 6.07) is 0. The SMILES string of the molecule is C=C[C@@H]1CC(=O)[C@@H](C)C2CC[C@H](OC(C)(C)C)[C@@]2(C)[C@H]1O[Si](C)(C)C. The number of carbonyl (C=O) groups excluding carboxylic acids is 1. The second kappa shape index (κ2) is 6.93. The molecule has 0 saturated heterocycles. The van der Waals surface area contributed by atoms with Gasteiger partial charge in [-0.15, -0.1) is 6.58 Å². The van der Waals surface area contributed by atoms with Crippen molar-refractivity contribution in [1.82, 2.24) is 0 Å². The molecule has 2 aliphatic carbocycles. The molecule has 25 heavy (non-hydrogen) atoms. The largest absolute Gasteiger partial charge is 0.413 e. The van der Waals surface area contributed by atoms with Gasteiger partial charge in [-0.25, -0.2) is 0 Å². The van der Waals surface area contributed by atoms with Crippen LogP contribution in [0.3, 0.4) is 0 Å². The number of Topliss-reactive ketones (excluding diaryl/α,β-unsaturated/α-hetero) is 1. The molecule has 6 atom stereocenters. The standard InChI is InChI=1S/C21H38O3Si/c1-10-15-13-17(22)14(2)16-11-12-18(23-20(3,4)5)21(16,6)19(15)24-25(7,8)9/h10,14-16,18-19H,1,11-13H2,2-9H3/t14-,15+,16?,18-,19-,21-/m0/s1. The first-order valence-electron chi connectivity index (χ1n) is 9.80. The molecule has 0 radical (unpaired) electrons. The third kappa shape index (κ3) is 4.28. The van der Waals surface area contributed by atoms with Crippen LogP contribution in [0.1, 0.15) is 53.9 Å². The van der Waals surface area contributed by atoms with Gasteiger partial charge in [-0.1, -0.05) is 19.9 Å². The zero-order valence-corrected chi connectivity index (χ0v) is 18.5. The average molecular weight is 367 g/mol. The minimum atomic E-state index is -1.78. The van der Waals surface area contributed by atoms with E-state index < -0.39 is 8.32 Å². The number of carbonyl (C=O) groups is 1. The van der Waals surface area contributed by atoms with E-state index in [4.69, 9.17) is 9.16 Å². The molecule has 0 aromatic rings. The molecule has 144 valence electrons. The molecule has 2 rings (SSSR count). The molecule has 0 bridgehead atoms. The van der Waals surface area contributed by atoms with Gasteiger partial charge in [0.15, 0.2) is 8.32 Å². The molecule has 0 aromatic heterocycles. The average Bonchev–Trinajstić information content (AvgIpc) is 2.73.